The van der Waals surface area contributed by atoms with E-state index in [1.165, 1.54) is 13.2 Å². The lowest BCUT2D eigenvalue weighted by molar-refractivity contribution is 0.0856. The van der Waals surface area contributed by atoms with Crippen LogP contribution in [0.4, 0.5) is 4.39 Å². The van der Waals surface area contributed by atoms with Crippen molar-refractivity contribution >= 4 is 15.9 Å². The third-order valence-corrected chi connectivity index (χ3v) is 2.37. The molecule has 0 fully saturated rings. The van der Waals surface area contributed by atoms with Gasteiger partial charge in [-0.05, 0) is 6.07 Å². The van der Waals surface area contributed by atoms with Crippen LogP contribution in [0.3, 0.4) is 0 Å². The first-order valence-corrected chi connectivity index (χ1v) is 4.52. The summed E-state index contributed by atoms with van der Waals surface area (Å²) in [6.45, 7) is 0.0801. The molecule has 0 radical (unpaired) electrons. The van der Waals surface area contributed by atoms with Gasteiger partial charge in [-0.15, -0.1) is 0 Å². The van der Waals surface area contributed by atoms with Crippen LogP contribution in [-0.4, -0.2) is 17.3 Å². The Kier molecular flexibility index (Phi) is 3.68. The molecule has 0 heterocycles. The molecule has 78 valence electrons. The van der Waals surface area contributed by atoms with E-state index < -0.39 is 17.3 Å². The standard InChI is InChI=1S/C8H9BrFNO3/c1-14-11-3-4-5(9)2-6(12)8(13)7(4)10/h2,11-13H,3H2,1H3. The maximum atomic E-state index is 13.3. The van der Waals surface area contributed by atoms with Crippen LogP contribution in [0, 0.1) is 5.82 Å². The van der Waals surface area contributed by atoms with E-state index in [1.54, 1.807) is 0 Å². The van der Waals surface area contributed by atoms with Crippen molar-refractivity contribution in [3.8, 4) is 11.5 Å². The van der Waals surface area contributed by atoms with Gasteiger partial charge in [-0.1, -0.05) is 15.9 Å². The van der Waals surface area contributed by atoms with E-state index in [2.05, 4.69) is 26.2 Å². The zero-order valence-electron chi connectivity index (χ0n) is 7.34. The second kappa shape index (κ2) is 4.59. The molecular formula is C8H9BrFNO3. The third kappa shape index (κ3) is 2.14. The van der Waals surface area contributed by atoms with E-state index in [0.717, 1.165) is 0 Å². The first-order chi connectivity index (χ1) is 6.57. The highest BCUT2D eigenvalue weighted by atomic mass is 79.9. The van der Waals surface area contributed by atoms with Gasteiger partial charge in [-0.2, -0.15) is 5.48 Å². The van der Waals surface area contributed by atoms with Gasteiger partial charge in [0.1, 0.15) is 0 Å². The minimum Gasteiger partial charge on any atom is -0.504 e. The fourth-order valence-corrected chi connectivity index (χ4v) is 1.47. The number of aromatic hydroxyl groups is 2. The van der Waals surface area contributed by atoms with Gasteiger partial charge in [-0.3, -0.25) is 0 Å². The molecule has 3 N–H and O–H groups in total. The summed E-state index contributed by atoms with van der Waals surface area (Å²) in [5.41, 5.74) is 2.61. The van der Waals surface area contributed by atoms with Crippen molar-refractivity contribution in [3.05, 3.63) is 21.9 Å². The summed E-state index contributed by atoms with van der Waals surface area (Å²) in [7, 11) is 1.39. The topological polar surface area (TPSA) is 61.7 Å². The molecule has 0 saturated carbocycles. The molecule has 0 spiro atoms. The molecule has 1 aromatic rings. The van der Waals surface area contributed by atoms with Crippen molar-refractivity contribution in [1.82, 2.24) is 5.48 Å². The summed E-state index contributed by atoms with van der Waals surface area (Å²) < 4.78 is 13.7. The fraction of sp³-hybridized carbons (Fsp3) is 0.250. The van der Waals surface area contributed by atoms with Crippen molar-refractivity contribution in [3.63, 3.8) is 0 Å². The van der Waals surface area contributed by atoms with Gasteiger partial charge in [0.15, 0.2) is 17.3 Å². The highest BCUT2D eigenvalue weighted by Crippen LogP contribution is 2.35. The first kappa shape index (κ1) is 11.2. The largest absolute Gasteiger partial charge is 0.504 e. The molecule has 0 saturated heterocycles. The fourth-order valence-electron chi connectivity index (χ4n) is 0.942. The quantitative estimate of drug-likeness (QED) is 0.575. The molecule has 1 rings (SSSR count). The summed E-state index contributed by atoms with van der Waals surface area (Å²) in [5, 5.41) is 18.2. The SMILES string of the molecule is CONCc1c(Br)cc(O)c(O)c1F. The molecule has 0 aromatic heterocycles. The van der Waals surface area contributed by atoms with Gasteiger partial charge in [0.05, 0.1) is 13.7 Å². The van der Waals surface area contributed by atoms with Crippen LogP contribution < -0.4 is 5.48 Å². The summed E-state index contributed by atoms with van der Waals surface area (Å²) in [6.07, 6.45) is 0. The smallest absolute Gasteiger partial charge is 0.194 e. The maximum absolute atomic E-state index is 13.3. The molecule has 0 atom stereocenters. The number of nitrogens with one attached hydrogen (secondary N) is 1. The van der Waals surface area contributed by atoms with E-state index >= 15 is 0 Å². The van der Waals surface area contributed by atoms with E-state index in [-0.39, 0.29) is 12.1 Å². The second-order valence-corrected chi connectivity index (χ2v) is 3.40. The van der Waals surface area contributed by atoms with Gasteiger partial charge < -0.3 is 15.1 Å². The minimum atomic E-state index is -0.874. The molecule has 0 bridgehead atoms. The Balaban J connectivity index is 3.09. The summed E-state index contributed by atoms with van der Waals surface area (Å²) >= 11 is 3.06. The third-order valence-electron chi connectivity index (χ3n) is 1.66. The average Bonchev–Trinajstić information content (AvgIpc) is 2.14. The van der Waals surface area contributed by atoms with E-state index in [1.807, 2.05) is 0 Å². The summed E-state index contributed by atoms with van der Waals surface area (Å²) in [5.74, 6) is -2.14. The van der Waals surface area contributed by atoms with Gasteiger partial charge >= 0.3 is 0 Å². The van der Waals surface area contributed by atoms with Crippen molar-refractivity contribution in [2.45, 2.75) is 6.54 Å². The van der Waals surface area contributed by atoms with Crippen LogP contribution >= 0.6 is 15.9 Å². The van der Waals surface area contributed by atoms with Crippen LogP contribution in [0.5, 0.6) is 11.5 Å². The van der Waals surface area contributed by atoms with Gasteiger partial charge in [-0.25, -0.2) is 4.39 Å². The van der Waals surface area contributed by atoms with Crippen molar-refractivity contribution < 1.29 is 19.4 Å². The highest BCUT2D eigenvalue weighted by Gasteiger charge is 2.15. The molecule has 0 aliphatic rings. The zero-order valence-corrected chi connectivity index (χ0v) is 8.93. The number of phenols is 2. The molecule has 0 amide bonds. The molecular weight excluding hydrogens is 257 g/mol. The molecule has 0 aliphatic heterocycles. The highest BCUT2D eigenvalue weighted by molar-refractivity contribution is 9.10. The van der Waals surface area contributed by atoms with E-state index in [0.29, 0.717) is 4.47 Å². The van der Waals surface area contributed by atoms with Gasteiger partial charge in [0.2, 0.25) is 0 Å². The number of benzene rings is 1. The monoisotopic (exact) mass is 265 g/mol. The van der Waals surface area contributed by atoms with Crippen LogP contribution in [-0.2, 0) is 11.4 Å². The molecule has 0 unspecified atom stereocenters. The zero-order chi connectivity index (χ0) is 10.7. The Morgan fingerprint density at radius 3 is 2.79 bits per heavy atom. The van der Waals surface area contributed by atoms with Gasteiger partial charge in [0, 0.05) is 10.0 Å². The van der Waals surface area contributed by atoms with Crippen molar-refractivity contribution in [2.75, 3.05) is 7.11 Å². The number of phenolic OH excluding ortho intramolecular Hbond substituents is 2. The van der Waals surface area contributed by atoms with Crippen LogP contribution in [0.1, 0.15) is 5.56 Å². The number of hydrogen-bond acceptors (Lipinski definition) is 4. The van der Waals surface area contributed by atoms with Gasteiger partial charge in [0.25, 0.3) is 0 Å². The Morgan fingerprint density at radius 2 is 2.21 bits per heavy atom. The lowest BCUT2D eigenvalue weighted by atomic mass is 10.2. The predicted octanol–water partition coefficient (Wildman–Crippen LogP) is 1.65. The van der Waals surface area contributed by atoms with Crippen LogP contribution in [0.25, 0.3) is 0 Å². The maximum Gasteiger partial charge on any atom is 0.194 e. The van der Waals surface area contributed by atoms with Crippen molar-refractivity contribution in [2.24, 2.45) is 0 Å². The van der Waals surface area contributed by atoms with E-state index in [9.17, 15) is 4.39 Å². The lowest BCUT2D eigenvalue weighted by Gasteiger charge is -2.08. The summed E-state index contributed by atoms with van der Waals surface area (Å²) in [4.78, 5) is 4.54. The summed E-state index contributed by atoms with van der Waals surface area (Å²) in [6, 6.07) is 1.21. The average molecular weight is 266 g/mol. The Morgan fingerprint density at radius 1 is 1.57 bits per heavy atom. The molecule has 6 heteroatoms. The Bertz CT molecular complexity index is 346. The Hall–Kier alpha value is -0.850. The Labute approximate surface area is 88.4 Å². The molecule has 0 aliphatic carbocycles. The number of hydroxylamine groups is 1. The predicted molar refractivity (Wildman–Crippen MR) is 51.3 cm³/mol. The van der Waals surface area contributed by atoms with E-state index in [4.69, 9.17) is 10.2 Å². The van der Waals surface area contributed by atoms with Crippen LogP contribution in [0.15, 0.2) is 10.5 Å². The normalized spacial score (nSPS) is 10.5. The van der Waals surface area contributed by atoms with Crippen molar-refractivity contribution in [1.29, 1.82) is 0 Å². The first-order valence-electron chi connectivity index (χ1n) is 3.72. The minimum absolute atomic E-state index is 0.0801. The van der Waals surface area contributed by atoms with Crippen LogP contribution in [0.2, 0.25) is 0 Å². The lowest BCUT2D eigenvalue weighted by Crippen LogP contribution is -2.12. The molecule has 14 heavy (non-hydrogen) atoms. The molecule has 1 aromatic carbocycles. The number of halogens is 2. The number of rotatable bonds is 3. The number of hydrogen-bond donors (Lipinski definition) is 3. The second-order valence-electron chi connectivity index (χ2n) is 2.54. The molecule has 4 nitrogen and oxygen atoms in total.